The number of nitrogens with one attached hydrogen (secondary N) is 1. The van der Waals surface area contributed by atoms with Crippen molar-refractivity contribution in [2.45, 2.75) is 31.1 Å². The maximum Gasteiger partial charge on any atom is 0.230 e. The molecule has 0 radical (unpaired) electrons. The number of amides is 1. The summed E-state index contributed by atoms with van der Waals surface area (Å²) in [5, 5.41) is 12.1. The zero-order valence-corrected chi connectivity index (χ0v) is 17.0. The van der Waals surface area contributed by atoms with Gasteiger partial charge in [0.15, 0.2) is 17.1 Å². The van der Waals surface area contributed by atoms with E-state index in [4.69, 9.17) is 4.74 Å². The van der Waals surface area contributed by atoms with Crippen LogP contribution in [0.3, 0.4) is 0 Å². The molecule has 1 amide bonds. The van der Waals surface area contributed by atoms with Gasteiger partial charge in [-0.05, 0) is 31.5 Å². The van der Waals surface area contributed by atoms with Gasteiger partial charge < -0.3 is 14.6 Å². The van der Waals surface area contributed by atoms with Gasteiger partial charge in [0.1, 0.15) is 5.75 Å². The van der Waals surface area contributed by atoms with Gasteiger partial charge in [-0.1, -0.05) is 60.3 Å². The number of hydrogen-bond donors (Lipinski definition) is 1. The molecule has 146 valence electrons. The lowest BCUT2D eigenvalue weighted by Crippen LogP contribution is -2.28. The fourth-order valence-electron chi connectivity index (χ4n) is 2.80. The van der Waals surface area contributed by atoms with Crippen molar-refractivity contribution in [3.63, 3.8) is 0 Å². The normalized spacial score (nSPS) is 13.0. The minimum atomic E-state index is -0.249. The first-order valence-corrected chi connectivity index (χ1v) is 10.1. The second-order valence-corrected chi connectivity index (χ2v) is 7.40. The predicted molar refractivity (Wildman–Crippen MR) is 110 cm³/mol. The molecule has 0 spiro atoms. The van der Waals surface area contributed by atoms with Gasteiger partial charge in [0.2, 0.25) is 5.91 Å². The van der Waals surface area contributed by atoms with Crippen LogP contribution >= 0.6 is 11.8 Å². The molecule has 0 aliphatic carbocycles. The highest BCUT2D eigenvalue weighted by atomic mass is 32.2. The van der Waals surface area contributed by atoms with Crippen LogP contribution in [0.4, 0.5) is 0 Å². The third-order valence-electron chi connectivity index (χ3n) is 4.30. The second kappa shape index (κ2) is 9.41. The van der Waals surface area contributed by atoms with Gasteiger partial charge in [0.25, 0.3) is 0 Å². The summed E-state index contributed by atoms with van der Waals surface area (Å²) in [4.78, 5) is 12.3. The first kappa shape index (κ1) is 19.9. The zero-order valence-electron chi connectivity index (χ0n) is 16.2. The molecule has 0 aliphatic rings. The number of carbonyl (C=O) groups excluding carboxylic acids is 1. The molecule has 3 rings (SSSR count). The molecule has 2 aromatic carbocycles. The lowest BCUT2D eigenvalue weighted by atomic mass is 10.1. The molecule has 1 aromatic heterocycles. The lowest BCUT2D eigenvalue weighted by Gasteiger charge is -2.15. The molecule has 28 heavy (non-hydrogen) atoms. The summed E-state index contributed by atoms with van der Waals surface area (Å²) in [5.41, 5.74) is 1.08. The van der Waals surface area contributed by atoms with Gasteiger partial charge in [-0.3, -0.25) is 4.79 Å². The van der Waals surface area contributed by atoms with E-state index in [-0.39, 0.29) is 23.8 Å². The van der Waals surface area contributed by atoms with Gasteiger partial charge in [-0.25, -0.2) is 0 Å². The van der Waals surface area contributed by atoms with Crippen LogP contribution in [0, 0.1) is 0 Å². The van der Waals surface area contributed by atoms with Gasteiger partial charge in [-0.2, -0.15) is 0 Å². The van der Waals surface area contributed by atoms with Crippen LogP contribution in [-0.2, 0) is 11.8 Å². The Balaban J connectivity index is 1.54. The second-order valence-electron chi connectivity index (χ2n) is 6.46. The summed E-state index contributed by atoms with van der Waals surface area (Å²) in [5.74, 6) is 1.72. The molecule has 2 atom stereocenters. The Labute approximate surface area is 169 Å². The molecule has 0 aliphatic heterocycles. The fourth-order valence-corrected chi connectivity index (χ4v) is 3.53. The molecule has 1 heterocycles. The Morgan fingerprint density at radius 2 is 1.71 bits per heavy atom. The number of hydrogen-bond acceptors (Lipinski definition) is 5. The van der Waals surface area contributed by atoms with Gasteiger partial charge in [-0.15, -0.1) is 10.2 Å². The smallest absolute Gasteiger partial charge is 0.230 e. The molecule has 3 aromatic rings. The van der Waals surface area contributed by atoms with Crippen molar-refractivity contribution in [1.29, 1.82) is 0 Å². The quantitative estimate of drug-likeness (QED) is 0.585. The summed E-state index contributed by atoms with van der Waals surface area (Å²) < 4.78 is 7.78. The Hall–Kier alpha value is -2.80. The monoisotopic (exact) mass is 396 g/mol. The SMILES string of the molecule is CC(NC(=O)CSc1nnc(C(C)Oc2ccccc2)n1C)c1ccccc1. The minimum absolute atomic E-state index is 0.0383. The maximum absolute atomic E-state index is 12.3. The maximum atomic E-state index is 12.3. The van der Waals surface area contributed by atoms with Crippen LogP contribution < -0.4 is 10.1 Å². The van der Waals surface area contributed by atoms with E-state index in [9.17, 15) is 4.79 Å². The van der Waals surface area contributed by atoms with Crippen LogP contribution in [-0.4, -0.2) is 26.4 Å². The number of nitrogens with zero attached hydrogens (tertiary/aromatic N) is 3. The molecular weight excluding hydrogens is 372 g/mol. The predicted octanol–water partition coefficient (Wildman–Crippen LogP) is 3.92. The third kappa shape index (κ3) is 5.13. The summed E-state index contributed by atoms with van der Waals surface area (Å²) in [6.07, 6.45) is -0.249. The van der Waals surface area contributed by atoms with E-state index < -0.39 is 0 Å². The van der Waals surface area contributed by atoms with Crippen LogP contribution in [0.2, 0.25) is 0 Å². The number of aromatic nitrogens is 3. The van der Waals surface area contributed by atoms with Crippen molar-refractivity contribution in [2.75, 3.05) is 5.75 Å². The molecule has 0 saturated heterocycles. The standard InChI is InChI=1S/C21H24N4O2S/c1-15(17-10-6-4-7-11-17)22-19(26)14-28-21-24-23-20(25(21)3)16(2)27-18-12-8-5-9-13-18/h4-13,15-16H,14H2,1-3H3,(H,22,26). The van der Waals surface area contributed by atoms with E-state index in [2.05, 4.69) is 15.5 Å². The van der Waals surface area contributed by atoms with Crippen molar-refractivity contribution >= 4 is 17.7 Å². The number of carbonyl (C=O) groups is 1. The van der Waals surface area contributed by atoms with Gasteiger partial charge in [0.05, 0.1) is 11.8 Å². The third-order valence-corrected chi connectivity index (χ3v) is 5.32. The lowest BCUT2D eigenvalue weighted by molar-refractivity contribution is -0.119. The number of rotatable bonds is 8. The molecule has 0 bridgehead atoms. The average Bonchev–Trinajstić information content (AvgIpc) is 3.08. The van der Waals surface area contributed by atoms with E-state index >= 15 is 0 Å². The highest BCUT2D eigenvalue weighted by Gasteiger charge is 2.18. The van der Waals surface area contributed by atoms with E-state index in [1.807, 2.05) is 86.1 Å². The van der Waals surface area contributed by atoms with Gasteiger partial charge in [0, 0.05) is 7.05 Å². The highest BCUT2D eigenvalue weighted by Crippen LogP contribution is 2.23. The van der Waals surface area contributed by atoms with E-state index in [1.165, 1.54) is 11.8 Å². The topological polar surface area (TPSA) is 69.0 Å². The van der Waals surface area contributed by atoms with Gasteiger partial charge >= 0.3 is 0 Å². The van der Waals surface area contributed by atoms with E-state index in [1.54, 1.807) is 0 Å². The summed E-state index contributed by atoms with van der Waals surface area (Å²) >= 11 is 1.36. The summed E-state index contributed by atoms with van der Waals surface area (Å²) in [6.45, 7) is 3.90. The largest absolute Gasteiger partial charge is 0.483 e. The van der Waals surface area contributed by atoms with E-state index in [0.29, 0.717) is 11.0 Å². The van der Waals surface area contributed by atoms with E-state index in [0.717, 1.165) is 11.3 Å². The molecule has 0 saturated carbocycles. The number of ether oxygens (including phenoxy) is 1. The van der Waals surface area contributed by atoms with Crippen LogP contribution in [0.25, 0.3) is 0 Å². The fraction of sp³-hybridized carbons (Fsp3) is 0.286. The minimum Gasteiger partial charge on any atom is -0.483 e. The van der Waals surface area contributed by atoms with Crippen molar-refractivity contribution < 1.29 is 9.53 Å². The van der Waals surface area contributed by atoms with Crippen LogP contribution in [0.15, 0.2) is 65.8 Å². The molecule has 1 N–H and O–H groups in total. The summed E-state index contributed by atoms with van der Waals surface area (Å²) in [6, 6.07) is 19.5. The number of benzene rings is 2. The molecule has 0 fully saturated rings. The highest BCUT2D eigenvalue weighted by molar-refractivity contribution is 7.99. The van der Waals surface area contributed by atoms with Crippen molar-refractivity contribution in [1.82, 2.24) is 20.1 Å². The Kier molecular flexibility index (Phi) is 6.71. The first-order chi connectivity index (χ1) is 13.5. The first-order valence-electron chi connectivity index (χ1n) is 9.12. The number of thioether (sulfide) groups is 1. The molecule has 2 unspecified atom stereocenters. The van der Waals surface area contributed by atoms with Crippen molar-refractivity contribution in [3.8, 4) is 5.75 Å². The van der Waals surface area contributed by atoms with Crippen LogP contribution in [0.5, 0.6) is 5.75 Å². The molecule has 6 nitrogen and oxygen atoms in total. The Morgan fingerprint density at radius 1 is 1.07 bits per heavy atom. The summed E-state index contributed by atoms with van der Waals surface area (Å²) in [7, 11) is 1.88. The van der Waals surface area contributed by atoms with Crippen LogP contribution in [0.1, 0.15) is 37.4 Å². The molecule has 7 heteroatoms. The van der Waals surface area contributed by atoms with Crippen molar-refractivity contribution in [2.24, 2.45) is 7.05 Å². The zero-order chi connectivity index (χ0) is 19.9. The Morgan fingerprint density at radius 3 is 2.39 bits per heavy atom. The average molecular weight is 397 g/mol. The molecular formula is C21H24N4O2S. The van der Waals surface area contributed by atoms with Crippen molar-refractivity contribution in [3.05, 3.63) is 72.1 Å². The number of para-hydroxylation sites is 1. The Bertz CT molecular complexity index is 899.